The van der Waals surface area contributed by atoms with Crippen LogP contribution in [0.4, 0.5) is 0 Å². The molecule has 4 unspecified atom stereocenters. The third-order valence-electron chi connectivity index (χ3n) is 5.67. The van der Waals surface area contributed by atoms with E-state index in [-0.39, 0.29) is 0 Å². The Morgan fingerprint density at radius 3 is 2.06 bits per heavy atom. The minimum atomic E-state index is 0.734. The Kier molecular flexibility index (Phi) is 3.14. The first kappa shape index (κ1) is 12.5. The van der Waals surface area contributed by atoms with Crippen LogP contribution in [-0.4, -0.2) is 0 Å². The average Bonchev–Trinajstić information content (AvgIpc) is 3.02. The standard InChI is InChI=1S/C16H30/c1-7-16(6)9-14(16)12-8-13(12)15(10(2)3)11(4)5/h10-15H,7-9H2,1-6H3. The van der Waals surface area contributed by atoms with Crippen LogP contribution in [-0.2, 0) is 0 Å². The predicted octanol–water partition coefficient (Wildman–Crippen LogP) is 4.99. The minimum absolute atomic E-state index is 0.734. The van der Waals surface area contributed by atoms with Crippen molar-refractivity contribution in [1.82, 2.24) is 0 Å². The molecule has 0 spiro atoms. The van der Waals surface area contributed by atoms with Crippen LogP contribution in [0.5, 0.6) is 0 Å². The van der Waals surface area contributed by atoms with Crippen molar-refractivity contribution in [1.29, 1.82) is 0 Å². The van der Waals surface area contributed by atoms with Crippen molar-refractivity contribution in [3.8, 4) is 0 Å². The van der Waals surface area contributed by atoms with E-state index in [9.17, 15) is 0 Å². The summed E-state index contributed by atoms with van der Waals surface area (Å²) in [5, 5.41) is 0. The molecule has 0 N–H and O–H groups in total. The molecule has 2 rings (SSSR count). The highest BCUT2D eigenvalue weighted by atomic mass is 14.7. The smallest absolute Gasteiger partial charge is 0.0294 e. The van der Waals surface area contributed by atoms with E-state index in [1.54, 1.807) is 6.42 Å². The highest BCUT2D eigenvalue weighted by Crippen LogP contribution is 2.68. The Balaban J connectivity index is 1.91. The summed E-state index contributed by atoms with van der Waals surface area (Å²) in [6.45, 7) is 14.6. The van der Waals surface area contributed by atoms with Gasteiger partial charge in [-0.25, -0.2) is 0 Å². The van der Waals surface area contributed by atoms with Crippen molar-refractivity contribution in [2.75, 3.05) is 0 Å². The Labute approximate surface area is 102 Å². The van der Waals surface area contributed by atoms with Gasteiger partial charge in [0.05, 0.1) is 0 Å². The maximum absolute atomic E-state index is 2.51. The number of hydrogen-bond acceptors (Lipinski definition) is 0. The molecular weight excluding hydrogens is 192 g/mol. The van der Waals surface area contributed by atoms with Crippen LogP contribution in [0.15, 0.2) is 0 Å². The molecule has 0 amide bonds. The highest BCUT2D eigenvalue weighted by Gasteiger charge is 2.61. The summed E-state index contributed by atoms with van der Waals surface area (Å²) in [5.74, 6) is 5.98. The third kappa shape index (κ3) is 2.05. The molecule has 0 aromatic carbocycles. The van der Waals surface area contributed by atoms with Gasteiger partial charge in [0.1, 0.15) is 0 Å². The fraction of sp³-hybridized carbons (Fsp3) is 1.00. The molecule has 2 aliphatic carbocycles. The third-order valence-corrected chi connectivity index (χ3v) is 5.67. The topological polar surface area (TPSA) is 0 Å². The van der Waals surface area contributed by atoms with Crippen LogP contribution < -0.4 is 0 Å². The van der Waals surface area contributed by atoms with Gasteiger partial charge >= 0.3 is 0 Å². The molecule has 4 atom stereocenters. The molecule has 94 valence electrons. The van der Waals surface area contributed by atoms with Crippen LogP contribution in [0.25, 0.3) is 0 Å². The van der Waals surface area contributed by atoms with Gasteiger partial charge in [0.2, 0.25) is 0 Å². The summed E-state index contributed by atoms with van der Waals surface area (Å²) in [4.78, 5) is 0. The van der Waals surface area contributed by atoms with Crippen LogP contribution in [0.3, 0.4) is 0 Å². The van der Waals surface area contributed by atoms with Crippen molar-refractivity contribution in [2.45, 2.75) is 60.8 Å². The van der Waals surface area contributed by atoms with E-state index in [0.29, 0.717) is 0 Å². The molecule has 0 aromatic heterocycles. The quantitative estimate of drug-likeness (QED) is 0.615. The first-order valence-corrected chi connectivity index (χ1v) is 7.40. The van der Waals surface area contributed by atoms with Crippen molar-refractivity contribution in [2.24, 2.45) is 40.9 Å². The van der Waals surface area contributed by atoms with Crippen LogP contribution in [0, 0.1) is 40.9 Å². The van der Waals surface area contributed by atoms with Crippen molar-refractivity contribution >= 4 is 0 Å². The largest absolute Gasteiger partial charge is 0.0649 e. The zero-order valence-electron chi connectivity index (χ0n) is 12.1. The first-order chi connectivity index (χ1) is 7.40. The van der Waals surface area contributed by atoms with E-state index < -0.39 is 0 Å². The van der Waals surface area contributed by atoms with Gasteiger partial charge < -0.3 is 0 Å². The van der Waals surface area contributed by atoms with E-state index in [1.807, 2.05) is 0 Å². The van der Waals surface area contributed by atoms with Crippen molar-refractivity contribution < 1.29 is 0 Å². The van der Waals surface area contributed by atoms with Gasteiger partial charge in [-0.2, -0.15) is 0 Å². The second kappa shape index (κ2) is 4.03. The minimum Gasteiger partial charge on any atom is -0.0649 e. The highest BCUT2D eigenvalue weighted by molar-refractivity contribution is 5.09. The van der Waals surface area contributed by atoms with E-state index in [2.05, 4.69) is 41.5 Å². The van der Waals surface area contributed by atoms with E-state index in [0.717, 1.165) is 40.9 Å². The zero-order valence-corrected chi connectivity index (χ0v) is 12.1. The maximum atomic E-state index is 2.51. The summed E-state index contributed by atoms with van der Waals surface area (Å²) in [6.07, 6.45) is 4.46. The second-order valence-electron chi connectivity index (χ2n) is 7.45. The van der Waals surface area contributed by atoms with Gasteiger partial charge in [-0.3, -0.25) is 0 Å². The monoisotopic (exact) mass is 222 g/mol. The van der Waals surface area contributed by atoms with Gasteiger partial charge in [-0.05, 0) is 53.8 Å². The second-order valence-corrected chi connectivity index (χ2v) is 7.45. The lowest BCUT2D eigenvalue weighted by Crippen LogP contribution is -2.19. The van der Waals surface area contributed by atoms with Crippen molar-refractivity contribution in [3.05, 3.63) is 0 Å². The molecule has 0 heteroatoms. The Hall–Kier alpha value is 0. The fourth-order valence-corrected chi connectivity index (χ4v) is 4.42. The number of rotatable bonds is 5. The first-order valence-electron chi connectivity index (χ1n) is 7.40. The Morgan fingerprint density at radius 2 is 1.69 bits per heavy atom. The molecule has 0 saturated heterocycles. The lowest BCUT2D eigenvalue weighted by molar-refractivity contribution is 0.233. The molecule has 0 nitrogen and oxygen atoms in total. The summed E-state index contributed by atoms with van der Waals surface area (Å²) in [6, 6.07) is 0. The summed E-state index contributed by atoms with van der Waals surface area (Å²) in [7, 11) is 0. The van der Waals surface area contributed by atoms with Gasteiger partial charge in [0.15, 0.2) is 0 Å². The molecular formula is C16H30. The normalized spacial score (nSPS) is 42.2. The van der Waals surface area contributed by atoms with Crippen molar-refractivity contribution in [3.63, 3.8) is 0 Å². The molecule has 2 saturated carbocycles. The van der Waals surface area contributed by atoms with Gasteiger partial charge in [-0.15, -0.1) is 0 Å². The van der Waals surface area contributed by atoms with Crippen LogP contribution in [0.2, 0.25) is 0 Å². The van der Waals surface area contributed by atoms with E-state index in [1.165, 1.54) is 12.8 Å². The summed E-state index contributed by atoms with van der Waals surface area (Å²) in [5.41, 5.74) is 0.734. The molecule has 0 aliphatic heterocycles. The molecule has 0 heterocycles. The van der Waals surface area contributed by atoms with Gasteiger partial charge in [-0.1, -0.05) is 48.0 Å². The SMILES string of the molecule is CCC1(C)CC1C1CC1C(C(C)C)C(C)C. The van der Waals surface area contributed by atoms with E-state index >= 15 is 0 Å². The summed E-state index contributed by atoms with van der Waals surface area (Å²) >= 11 is 0. The Morgan fingerprint density at radius 1 is 1.12 bits per heavy atom. The molecule has 16 heavy (non-hydrogen) atoms. The fourth-order valence-electron chi connectivity index (χ4n) is 4.42. The van der Waals surface area contributed by atoms with Crippen LogP contribution >= 0.6 is 0 Å². The predicted molar refractivity (Wildman–Crippen MR) is 71.3 cm³/mol. The molecule has 0 radical (unpaired) electrons. The van der Waals surface area contributed by atoms with E-state index in [4.69, 9.17) is 0 Å². The number of hydrogen-bond donors (Lipinski definition) is 0. The van der Waals surface area contributed by atoms with Gasteiger partial charge in [0.25, 0.3) is 0 Å². The molecule has 0 bridgehead atoms. The van der Waals surface area contributed by atoms with Crippen LogP contribution in [0.1, 0.15) is 60.8 Å². The maximum Gasteiger partial charge on any atom is -0.0294 e. The zero-order chi connectivity index (χ0) is 12.1. The molecule has 2 aliphatic rings. The van der Waals surface area contributed by atoms with Gasteiger partial charge in [0, 0.05) is 0 Å². The average molecular weight is 222 g/mol. The lowest BCUT2D eigenvalue weighted by Gasteiger charge is -2.25. The lowest BCUT2D eigenvalue weighted by atomic mass is 9.80. The Bertz CT molecular complexity index is 245. The summed E-state index contributed by atoms with van der Waals surface area (Å²) < 4.78 is 0. The molecule has 0 aromatic rings. The molecule has 2 fully saturated rings.